The number of carbonyl (C=O) groups is 1. The molecule has 104 valence electrons. The SMILES string of the molecule is CCNc1ccccc1C(=O)NCC1(O)CCOC1. The molecule has 1 saturated heterocycles. The van der Waals surface area contributed by atoms with Crippen molar-refractivity contribution in [2.75, 3.05) is 31.6 Å². The number of anilines is 1. The van der Waals surface area contributed by atoms with Gasteiger partial charge in [0.05, 0.1) is 12.2 Å². The minimum atomic E-state index is -0.928. The molecule has 1 atom stereocenters. The summed E-state index contributed by atoms with van der Waals surface area (Å²) in [4.78, 5) is 12.1. The third-order valence-corrected chi connectivity index (χ3v) is 3.20. The smallest absolute Gasteiger partial charge is 0.253 e. The lowest BCUT2D eigenvalue weighted by Crippen LogP contribution is -2.43. The van der Waals surface area contributed by atoms with Crippen LogP contribution in [0.3, 0.4) is 0 Å². The predicted molar refractivity (Wildman–Crippen MR) is 73.3 cm³/mol. The number of ether oxygens (including phenoxy) is 1. The fraction of sp³-hybridized carbons (Fsp3) is 0.500. The van der Waals surface area contributed by atoms with Crippen molar-refractivity contribution in [3.63, 3.8) is 0 Å². The molecular formula is C14H20N2O3. The highest BCUT2D eigenvalue weighted by molar-refractivity contribution is 5.99. The van der Waals surface area contributed by atoms with Crippen molar-refractivity contribution < 1.29 is 14.6 Å². The van der Waals surface area contributed by atoms with Crippen molar-refractivity contribution in [2.24, 2.45) is 0 Å². The maximum Gasteiger partial charge on any atom is 0.253 e. The first-order chi connectivity index (χ1) is 9.14. The lowest BCUT2D eigenvalue weighted by atomic mass is 10.0. The molecule has 0 saturated carbocycles. The summed E-state index contributed by atoms with van der Waals surface area (Å²) in [6, 6.07) is 7.34. The van der Waals surface area contributed by atoms with Crippen LogP contribution in [0.4, 0.5) is 5.69 Å². The van der Waals surface area contributed by atoms with Gasteiger partial charge in [0, 0.05) is 31.8 Å². The number of para-hydroxylation sites is 1. The molecular weight excluding hydrogens is 244 g/mol. The Morgan fingerprint density at radius 3 is 2.95 bits per heavy atom. The molecule has 0 aromatic heterocycles. The van der Waals surface area contributed by atoms with Crippen molar-refractivity contribution in [1.29, 1.82) is 0 Å². The van der Waals surface area contributed by atoms with Gasteiger partial charge < -0.3 is 20.5 Å². The molecule has 5 nitrogen and oxygen atoms in total. The summed E-state index contributed by atoms with van der Waals surface area (Å²) in [5, 5.41) is 16.0. The largest absolute Gasteiger partial charge is 0.386 e. The first-order valence-electron chi connectivity index (χ1n) is 6.56. The minimum Gasteiger partial charge on any atom is -0.386 e. The highest BCUT2D eigenvalue weighted by atomic mass is 16.5. The van der Waals surface area contributed by atoms with Crippen LogP contribution in [0.15, 0.2) is 24.3 Å². The molecule has 1 aliphatic rings. The summed E-state index contributed by atoms with van der Waals surface area (Å²) < 4.78 is 5.15. The Bertz CT molecular complexity index is 442. The number of hydrogen-bond donors (Lipinski definition) is 3. The Morgan fingerprint density at radius 2 is 2.26 bits per heavy atom. The Morgan fingerprint density at radius 1 is 1.47 bits per heavy atom. The summed E-state index contributed by atoms with van der Waals surface area (Å²) >= 11 is 0. The first-order valence-corrected chi connectivity index (χ1v) is 6.56. The standard InChI is InChI=1S/C14H20N2O3/c1-2-15-12-6-4-3-5-11(12)13(17)16-9-14(18)7-8-19-10-14/h3-6,15,18H,2,7-10H2,1H3,(H,16,17). The molecule has 2 rings (SSSR count). The number of amides is 1. The molecule has 3 N–H and O–H groups in total. The molecule has 0 radical (unpaired) electrons. The fourth-order valence-electron chi connectivity index (χ4n) is 2.10. The second-order valence-corrected chi connectivity index (χ2v) is 4.79. The summed E-state index contributed by atoms with van der Waals surface area (Å²) in [7, 11) is 0. The summed E-state index contributed by atoms with van der Waals surface area (Å²) in [5.41, 5.74) is 0.465. The van der Waals surface area contributed by atoms with E-state index in [0.29, 0.717) is 18.6 Å². The van der Waals surface area contributed by atoms with Crippen LogP contribution in [-0.2, 0) is 4.74 Å². The fourth-order valence-corrected chi connectivity index (χ4v) is 2.10. The second-order valence-electron chi connectivity index (χ2n) is 4.79. The molecule has 1 heterocycles. The second kappa shape index (κ2) is 6.04. The maximum absolute atomic E-state index is 12.1. The van der Waals surface area contributed by atoms with Gasteiger partial charge in [0.1, 0.15) is 5.60 Å². The van der Waals surface area contributed by atoms with E-state index in [1.54, 1.807) is 6.07 Å². The average Bonchev–Trinajstić information content (AvgIpc) is 2.85. The van der Waals surface area contributed by atoms with Crippen LogP contribution in [0.1, 0.15) is 23.7 Å². The molecule has 1 aliphatic heterocycles. The van der Waals surface area contributed by atoms with Crippen molar-refractivity contribution in [3.05, 3.63) is 29.8 Å². The van der Waals surface area contributed by atoms with Crippen LogP contribution in [-0.4, -0.2) is 42.9 Å². The molecule has 19 heavy (non-hydrogen) atoms. The van der Waals surface area contributed by atoms with Gasteiger partial charge in [-0.2, -0.15) is 0 Å². The number of aliphatic hydroxyl groups is 1. The zero-order chi connectivity index (χ0) is 13.7. The molecule has 0 spiro atoms. The van der Waals surface area contributed by atoms with Crippen molar-refractivity contribution in [1.82, 2.24) is 5.32 Å². The maximum atomic E-state index is 12.1. The van der Waals surface area contributed by atoms with Crippen LogP contribution in [0.5, 0.6) is 0 Å². The molecule has 5 heteroatoms. The highest BCUT2D eigenvalue weighted by Gasteiger charge is 2.32. The first kappa shape index (κ1) is 13.8. The Labute approximate surface area is 113 Å². The number of rotatable bonds is 5. The van der Waals surface area contributed by atoms with Crippen LogP contribution in [0, 0.1) is 0 Å². The van der Waals surface area contributed by atoms with Gasteiger partial charge in [-0.1, -0.05) is 12.1 Å². The average molecular weight is 264 g/mol. The third kappa shape index (κ3) is 3.45. The van der Waals surface area contributed by atoms with Crippen LogP contribution < -0.4 is 10.6 Å². The summed E-state index contributed by atoms with van der Waals surface area (Å²) in [6.45, 7) is 3.77. The monoisotopic (exact) mass is 264 g/mol. The Hall–Kier alpha value is -1.59. The van der Waals surface area contributed by atoms with E-state index < -0.39 is 5.60 Å². The van der Waals surface area contributed by atoms with E-state index in [9.17, 15) is 9.90 Å². The molecule has 1 aromatic carbocycles. The molecule has 0 bridgehead atoms. The van der Waals surface area contributed by atoms with Gasteiger partial charge in [-0.3, -0.25) is 4.79 Å². The van der Waals surface area contributed by atoms with Crippen molar-refractivity contribution >= 4 is 11.6 Å². The van der Waals surface area contributed by atoms with Crippen LogP contribution in [0.2, 0.25) is 0 Å². The third-order valence-electron chi connectivity index (χ3n) is 3.20. The number of benzene rings is 1. The summed E-state index contributed by atoms with van der Waals surface area (Å²) in [6.07, 6.45) is 0.558. The van der Waals surface area contributed by atoms with Gasteiger partial charge in [0.2, 0.25) is 0 Å². The number of hydrogen-bond acceptors (Lipinski definition) is 4. The van der Waals surface area contributed by atoms with Gasteiger partial charge >= 0.3 is 0 Å². The molecule has 1 fully saturated rings. The lowest BCUT2D eigenvalue weighted by molar-refractivity contribution is 0.0265. The molecule has 0 aliphatic carbocycles. The summed E-state index contributed by atoms with van der Waals surface area (Å²) in [5.74, 6) is -0.183. The number of nitrogens with one attached hydrogen (secondary N) is 2. The Balaban J connectivity index is 1.99. The zero-order valence-corrected chi connectivity index (χ0v) is 11.1. The van der Waals surface area contributed by atoms with E-state index in [0.717, 1.165) is 12.2 Å². The van der Waals surface area contributed by atoms with Gasteiger partial charge in [-0.15, -0.1) is 0 Å². The van der Waals surface area contributed by atoms with E-state index >= 15 is 0 Å². The van der Waals surface area contributed by atoms with Crippen LogP contribution >= 0.6 is 0 Å². The van der Waals surface area contributed by atoms with E-state index in [2.05, 4.69) is 10.6 Å². The van der Waals surface area contributed by atoms with E-state index in [1.165, 1.54) is 0 Å². The van der Waals surface area contributed by atoms with Crippen LogP contribution in [0.25, 0.3) is 0 Å². The van der Waals surface area contributed by atoms with Gasteiger partial charge in [0.15, 0.2) is 0 Å². The molecule has 1 amide bonds. The topological polar surface area (TPSA) is 70.6 Å². The van der Waals surface area contributed by atoms with E-state index in [1.807, 2.05) is 25.1 Å². The van der Waals surface area contributed by atoms with Gasteiger partial charge in [0.25, 0.3) is 5.91 Å². The molecule has 1 aromatic rings. The van der Waals surface area contributed by atoms with E-state index in [-0.39, 0.29) is 19.1 Å². The normalized spacial score (nSPS) is 22.2. The predicted octanol–water partition coefficient (Wildman–Crippen LogP) is 1.000. The lowest BCUT2D eigenvalue weighted by Gasteiger charge is -2.21. The molecule has 1 unspecified atom stereocenters. The van der Waals surface area contributed by atoms with Gasteiger partial charge in [-0.25, -0.2) is 0 Å². The Kier molecular flexibility index (Phi) is 4.39. The van der Waals surface area contributed by atoms with Crippen molar-refractivity contribution in [2.45, 2.75) is 18.9 Å². The number of carbonyl (C=O) groups excluding carboxylic acids is 1. The quantitative estimate of drug-likeness (QED) is 0.742. The van der Waals surface area contributed by atoms with E-state index in [4.69, 9.17) is 4.74 Å². The highest BCUT2D eigenvalue weighted by Crippen LogP contribution is 2.18. The van der Waals surface area contributed by atoms with Crippen molar-refractivity contribution in [3.8, 4) is 0 Å². The van der Waals surface area contributed by atoms with Gasteiger partial charge in [-0.05, 0) is 19.1 Å². The minimum absolute atomic E-state index is 0.183. The zero-order valence-electron chi connectivity index (χ0n) is 11.1.